The van der Waals surface area contributed by atoms with Gasteiger partial charge in [-0.1, -0.05) is 18.2 Å². The van der Waals surface area contributed by atoms with Gasteiger partial charge in [0.2, 0.25) is 11.8 Å². The van der Waals surface area contributed by atoms with Gasteiger partial charge >= 0.3 is 0 Å². The fourth-order valence-electron chi connectivity index (χ4n) is 2.13. The Balaban J connectivity index is 1.94. The van der Waals surface area contributed by atoms with Crippen LogP contribution in [0.2, 0.25) is 0 Å². The number of anilines is 2. The highest BCUT2D eigenvalue weighted by Gasteiger charge is 2.11. The van der Waals surface area contributed by atoms with Crippen LogP contribution in [0.3, 0.4) is 0 Å². The number of amides is 2. The van der Waals surface area contributed by atoms with Gasteiger partial charge in [0.05, 0.1) is 7.11 Å². The van der Waals surface area contributed by atoms with Crippen molar-refractivity contribution in [3.8, 4) is 5.75 Å². The number of methoxy groups -OCH3 is 1. The van der Waals surface area contributed by atoms with Crippen LogP contribution in [0.1, 0.15) is 17.5 Å². The van der Waals surface area contributed by atoms with Crippen LogP contribution in [-0.4, -0.2) is 18.9 Å². The molecule has 2 N–H and O–H groups in total. The molecule has 2 aromatic rings. The minimum atomic E-state index is -0.374. The zero-order valence-electron chi connectivity index (χ0n) is 13.5. The number of rotatable bonds is 5. The summed E-state index contributed by atoms with van der Waals surface area (Å²) in [4.78, 5) is 24.0. The van der Waals surface area contributed by atoms with Crippen molar-refractivity contribution in [2.75, 3.05) is 17.7 Å². The zero-order valence-corrected chi connectivity index (χ0v) is 13.5. The summed E-state index contributed by atoms with van der Waals surface area (Å²) in [6.07, 6.45) is -0.245. The number of ether oxygens (including phenoxy) is 1. The Bertz CT molecular complexity index is 726. The van der Waals surface area contributed by atoms with Gasteiger partial charge < -0.3 is 15.4 Å². The second-order valence-corrected chi connectivity index (χ2v) is 5.25. The van der Waals surface area contributed by atoms with E-state index in [0.29, 0.717) is 11.4 Å². The number of carbonyl (C=O) groups excluding carboxylic acids is 2. The Hall–Kier alpha value is -2.82. The molecule has 0 radical (unpaired) electrons. The van der Waals surface area contributed by atoms with Crippen molar-refractivity contribution in [2.24, 2.45) is 0 Å². The monoisotopic (exact) mass is 312 g/mol. The summed E-state index contributed by atoms with van der Waals surface area (Å²) in [5.41, 5.74) is 3.40. The molecule has 0 aliphatic rings. The molecule has 0 bridgehead atoms. The lowest BCUT2D eigenvalue weighted by Gasteiger charge is -2.11. The quantitative estimate of drug-likeness (QED) is 0.833. The predicted octanol–water partition coefficient (Wildman–Crippen LogP) is 3.28. The molecule has 0 aliphatic heterocycles. The lowest BCUT2D eigenvalue weighted by Crippen LogP contribution is -2.21. The summed E-state index contributed by atoms with van der Waals surface area (Å²) >= 11 is 0. The molecule has 0 aliphatic carbocycles. The highest BCUT2D eigenvalue weighted by molar-refractivity contribution is 6.08. The first-order valence-electron chi connectivity index (χ1n) is 7.29. The molecule has 0 spiro atoms. The third-order valence-corrected chi connectivity index (χ3v) is 3.55. The molecule has 2 aromatic carbocycles. The van der Waals surface area contributed by atoms with Crippen molar-refractivity contribution in [2.45, 2.75) is 20.3 Å². The molecule has 5 nitrogen and oxygen atoms in total. The molecule has 5 heteroatoms. The van der Waals surface area contributed by atoms with Crippen LogP contribution in [0.4, 0.5) is 11.4 Å². The van der Waals surface area contributed by atoms with E-state index in [0.717, 1.165) is 16.8 Å². The van der Waals surface area contributed by atoms with Crippen LogP contribution in [0.15, 0.2) is 42.5 Å². The minimum Gasteiger partial charge on any atom is -0.497 e. The van der Waals surface area contributed by atoms with E-state index >= 15 is 0 Å². The first-order chi connectivity index (χ1) is 11.0. The van der Waals surface area contributed by atoms with E-state index in [1.165, 1.54) is 0 Å². The van der Waals surface area contributed by atoms with Crippen molar-refractivity contribution in [1.29, 1.82) is 0 Å². The molecular formula is C18H20N2O3. The fourth-order valence-corrected chi connectivity index (χ4v) is 2.13. The maximum Gasteiger partial charge on any atom is 0.233 e. The zero-order chi connectivity index (χ0) is 16.8. The largest absolute Gasteiger partial charge is 0.497 e. The Morgan fingerprint density at radius 1 is 1.00 bits per heavy atom. The predicted molar refractivity (Wildman–Crippen MR) is 90.8 cm³/mol. The van der Waals surface area contributed by atoms with E-state index in [4.69, 9.17) is 4.74 Å². The van der Waals surface area contributed by atoms with Gasteiger partial charge in [-0.3, -0.25) is 9.59 Å². The normalized spacial score (nSPS) is 10.0. The number of aryl methyl sites for hydroxylation is 1. The van der Waals surface area contributed by atoms with Crippen LogP contribution in [-0.2, 0) is 9.59 Å². The van der Waals surface area contributed by atoms with E-state index in [-0.39, 0.29) is 18.2 Å². The van der Waals surface area contributed by atoms with E-state index in [1.807, 2.05) is 32.0 Å². The third kappa shape index (κ3) is 4.57. The Kier molecular flexibility index (Phi) is 5.36. The van der Waals surface area contributed by atoms with Crippen molar-refractivity contribution in [1.82, 2.24) is 0 Å². The van der Waals surface area contributed by atoms with Gasteiger partial charge in [-0.15, -0.1) is 0 Å². The number of hydrogen-bond donors (Lipinski definition) is 2. The lowest BCUT2D eigenvalue weighted by atomic mass is 10.1. The molecule has 23 heavy (non-hydrogen) atoms. The summed E-state index contributed by atoms with van der Waals surface area (Å²) in [6.45, 7) is 3.90. The minimum absolute atomic E-state index is 0.245. The van der Waals surface area contributed by atoms with E-state index in [9.17, 15) is 9.59 Å². The van der Waals surface area contributed by atoms with E-state index in [2.05, 4.69) is 10.6 Å². The lowest BCUT2D eigenvalue weighted by molar-refractivity contribution is -0.123. The third-order valence-electron chi connectivity index (χ3n) is 3.55. The molecule has 0 atom stereocenters. The second kappa shape index (κ2) is 7.45. The fraction of sp³-hybridized carbons (Fsp3) is 0.222. The smallest absolute Gasteiger partial charge is 0.233 e. The van der Waals surface area contributed by atoms with Gasteiger partial charge in [0.1, 0.15) is 12.2 Å². The Morgan fingerprint density at radius 3 is 2.43 bits per heavy atom. The van der Waals surface area contributed by atoms with Gasteiger partial charge in [0.15, 0.2) is 0 Å². The van der Waals surface area contributed by atoms with Gasteiger partial charge in [-0.2, -0.15) is 0 Å². The van der Waals surface area contributed by atoms with E-state index < -0.39 is 0 Å². The van der Waals surface area contributed by atoms with Crippen LogP contribution in [0.5, 0.6) is 5.75 Å². The molecule has 0 heterocycles. The molecule has 0 saturated carbocycles. The average molecular weight is 312 g/mol. The van der Waals surface area contributed by atoms with Crippen molar-refractivity contribution in [3.63, 3.8) is 0 Å². The standard InChI is InChI=1S/C18H20N2O3/c1-12-6-4-9-16(13(12)2)20-18(22)11-17(21)19-14-7-5-8-15(10-14)23-3/h4-10H,11H2,1-3H3,(H,19,21)(H,20,22). The van der Waals surface area contributed by atoms with Crippen LogP contribution < -0.4 is 15.4 Å². The van der Waals surface area contributed by atoms with E-state index in [1.54, 1.807) is 31.4 Å². The highest BCUT2D eigenvalue weighted by atomic mass is 16.5. The van der Waals surface area contributed by atoms with Crippen LogP contribution >= 0.6 is 0 Å². The maximum atomic E-state index is 12.0. The maximum absolute atomic E-state index is 12.0. The summed E-state index contributed by atoms with van der Waals surface area (Å²) < 4.78 is 5.09. The van der Waals surface area contributed by atoms with Crippen molar-refractivity contribution >= 4 is 23.2 Å². The first-order valence-corrected chi connectivity index (χ1v) is 7.29. The highest BCUT2D eigenvalue weighted by Crippen LogP contribution is 2.19. The van der Waals surface area contributed by atoms with Crippen molar-refractivity contribution < 1.29 is 14.3 Å². The molecule has 2 rings (SSSR count). The van der Waals surface area contributed by atoms with Crippen LogP contribution in [0.25, 0.3) is 0 Å². The SMILES string of the molecule is COc1cccc(NC(=O)CC(=O)Nc2cccc(C)c2C)c1. The summed E-state index contributed by atoms with van der Waals surface area (Å²) in [5.74, 6) is -0.0807. The topological polar surface area (TPSA) is 67.4 Å². The Morgan fingerprint density at radius 2 is 1.70 bits per heavy atom. The van der Waals surface area contributed by atoms with Gasteiger partial charge in [0.25, 0.3) is 0 Å². The summed E-state index contributed by atoms with van der Waals surface area (Å²) in [5, 5.41) is 5.45. The molecule has 0 saturated heterocycles. The second-order valence-electron chi connectivity index (χ2n) is 5.25. The number of nitrogens with one attached hydrogen (secondary N) is 2. The van der Waals surface area contributed by atoms with Crippen molar-refractivity contribution in [3.05, 3.63) is 53.6 Å². The first kappa shape index (κ1) is 16.5. The van der Waals surface area contributed by atoms with Gasteiger partial charge in [-0.05, 0) is 43.2 Å². The average Bonchev–Trinajstić information content (AvgIpc) is 2.51. The molecule has 0 fully saturated rings. The number of carbonyl (C=O) groups is 2. The number of hydrogen-bond acceptors (Lipinski definition) is 3. The molecule has 120 valence electrons. The van der Waals surface area contributed by atoms with Crippen LogP contribution in [0, 0.1) is 13.8 Å². The molecule has 0 unspecified atom stereocenters. The van der Waals surface area contributed by atoms with Gasteiger partial charge in [-0.25, -0.2) is 0 Å². The Labute approximate surface area is 135 Å². The molecule has 0 aromatic heterocycles. The number of benzene rings is 2. The summed E-state index contributed by atoms with van der Waals surface area (Å²) in [6, 6.07) is 12.6. The molecular weight excluding hydrogens is 292 g/mol. The summed E-state index contributed by atoms with van der Waals surface area (Å²) in [7, 11) is 1.55. The molecule has 2 amide bonds. The van der Waals surface area contributed by atoms with Gasteiger partial charge in [0, 0.05) is 17.4 Å².